The molecule has 0 bridgehead atoms. The predicted octanol–water partition coefficient (Wildman–Crippen LogP) is 3.33. The first kappa shape index (κ1) is 12.2. The second-order valence-electron chi connectivity index (χ2n) is 1.89. The molecule has 8 heteroatoms. The summed E-state index contributed by atoms with van der Waals surface area (Å²) in [6.07, 6.45) is -7.68. The highest BCUT2D eigenvalue weighted by atomic mass is 35.5. The molecule has 0 aromatic carbocycles. The van der Waals surface area contributed by atoms with E-state index < -0.39 is 23.1 Å². The molecule has 0 amide bonds. The zero-order valence-electron chi connectivity index (χ0n) is 5.18. The van der Waals surface area contributed by atoms with Gasteiger partial charge in [0.25, 0.3) is 0 Å². The lowest BCUT2D eigenvalue weighted by Crippen LogP contribution is -2.41. The topological polar surface area (TPSA) is 0 Å². The van der Waals surface area contributed by atoms with Gasteiger partial charge in [-0.3, -0.25) is 0 Å². The van der Waals surface area contributed by atoms with Crippen LogP contribution in [-0.4, -0.2) is 23.1 Å². The third kappa shape index (κ3) is 3.26. The molecule has 74 valence electrons. The molecule has 0 aromatic rings. The van der Waals surface area contributed by atoms with Gasteiger partial charge < -0.3 is 0 Å². The Hall–Kier alpha value is 0.160. The molecule has 0 fully saturated rings. The Bertz CT molecular complexity index is 131. The lowest BCUT2D eigenvalue weighted by Gasteiger charge is -2.20. The molecule has 0 N–H and O–H groups in total. The molecule has 0 aliphatic carbocycles. The Morgan fingerprint density at radius 1 is 0.750 bits per heavy atom. The van der Waals surface area contributed by atoms with Crippen LogP contribution in [0.25, 0.3) is 0 Å². The van der Waals surface area contributed by atoms with Crippen molar-refractivity contribution in [3.8, 4) is 0 Å². The van der Waals surface area contributed by atoms with Gasteiger partial charge in [0, 0.05) is 0 Å². The van der Waals surface area contributed by atoms with Gasteiger partial charge in [-0.2, -0.15) is 17.6 Å². The van der Waals surface area contributed by atoms with Gasteiger partial charge >= 0.3 is 10.8 Å². The minimum atomic E-state index is -4.70. The van der Waals surface area contributed by atoms with E-state index in [4.69, 9.17) is 0 Å². The number of halogens is 8. The Labute approximate surface area is 73.4 Å². The van der Waals surface area contributed by atoms with Crippen molar-refractivity contribution in [1.29, 1.82) is 0 Å². The van der Waals surface area contributed by atoms with Gasteiger partial charge in [0.05, 0.1) is 0 Å². The molecule has 0 radical (unpaired) electrons. The summed E-state index contributed by atoms with van der Waals surface area (Å²) in [5.74, 6) is 0. The van der Waals surface area contributed by atoms with E-state index >= 15 is 0 Å². The fourth-order valence-corrected chi connectivity index (χ4v) is 0.553. The first-order valence-corrected chi connectivity index (χ1v) is 3.24. The van der Waals surface area contributed by atoms with Crippen LogP contribution in [-0.2, 0) is 0 Å². The highest BCUT2D eigenvalue weighted by molar-refractivity contribution is 6.23. The fraction of sp³-hybridized carbons (Fsp3) is 1.00. The van der Waals surface area contributed by atoms with Crippen LogP contribution in [0, 0.1) is 0 Å². The van der Waals surface area contributed by atoms with Crippen molar-refractivity contribution in [2.24, 2.45) is 0 Å². The number of rotatable bonds is 3. The molecule has 0 aliphatic heterocycles. The van der Waals surface area contributed by atoms with Gasteiger partial charge in [-0.1, -0.05) is 0 Å². The highest BCUT2D eigenvalue weighted by Gasteiger charge is 2.54. The lowest BCUT2D eigenvalue weighted by molar-refractivity contribution is -0.0964. The maximum absolute atomic E-state index is 12.0. The van der Waals surface area contributed by atoms with Gasteiger partial charge in [-0.25, -0.2) is 8.78 Å². The second kappa shape index (κ2) is 3.49. The Morgan fingerprint density at radius 2 is 0.917 bits per heavy atom. The molecule has 2 atom stereocenters. The summed E-state index contributed by atoms with van der Waals surface area (Å²) in [6.45, 7) is 0. The van der Waals surface area contributed by atoms with Crippen molar-refractivity contribution in [2.45, 2.75) is 23.1 Å². The molecular formula is C4H2Cl2F6. The third-order valence-corrected chi connectivity index (χ3v) is 1.30. The second-order valence-corrected chi connectivity index (χ2v) is 2.89. The molecule has 12 heavy (non-hydrogen) atoms. The zero-order valence-corrected chi connectivity index (χ0v) is 6.69. The minimum Gasteiger partial charge on any atom is -0.236 e. The van der Waals surface area contributed by atoms with E-state index in [-0.39, 0.29) is 0 Å². The van der Waals surface area contributed by atoms with Crippen LogP contribution in [0.15, 0.2) is 0 Å². The van der Waals surface area contributed by atoms with Crippen LogP contribution in [0.4, 0.5) is 26.3 Å². The largest absolute Gasteiger partial charge is 0.355 e. The summed E-state index contributed by atoms with van der Waals surface area (Å²) >= 11 is 7.89. The molecule has 0 saturated heterocycles. The van der Waals surface area contributed by atoms with Crippen LogP contribution in [0.1, 0.15) is 0 Å². The van der Waals surface area contributed by atoms with Gasteiger partial charge in [-0.15, -0.1) is 0 Å². The van der Waals surface area contributed by atoms with Crippen molar-refractivity contribution in [3.63, 3.8) is 0 Å². The normalized spacial score (nSPS) is 19.0. The molecule has 0 saturated carbocycles. The highest BCUT2D eigenvalue weighted by Crippen LogP contribution is 2.37. The third-order valence-electron chi connectivity index (χ3n) is 0.882. The first-order chi connectivity index (χ1) is 5.07. The summed E-state index contributed by atoms with van der Waals surface area (Å²) in [5, 5.41) is -9.39. The molecular weight excluding hydrogens is 233 g/mol. The number of hydrogen-bond acceptors (Lipinski definition) is 0. The maximum atomic E-state index is 12.0. The Balaban J connectivity index is 4.41. The van der Waals surface area contributed by atoms with Gasteiger partial charge in [0.15, 0.2) is 0 Å². The van der Waals surface area contributed by atoms with Crippen LogP contribution in [0.5, 0.6) is 0 Å². The number of hydrogen-bond donors (Lipinski definition) is 0. The maximum Gasteiger partial charge on any atom is 0.355 e. The van der Waals surface area contributed by atoms with E-state index in [1.807, 2.05) is 0 Å². The molecule has 0 nitrogen and oxygen atoms in total. The van der Waals surface area contributed by atoms with E-state index in [2.05, 4.69) is 23.2 Å². The summed E-state index contributed by atoms with van der Waals surface area (Å²) in [7, 11) is 0. The van der Waals surface area contributed by atoms with Crippen molar-refractivity contribution in [3.05, 3.63) is 0 Å². The zero-order chi connectivity index (χ0) is 10.2. The Kier molecular flexibility index (Phi) is 3.54. The summed E-state index contributed by atoms with van der Waals surface area (Å²) < 4.78 is 70.6. The molecule has 0 aliphatic rings. The standard InChI is InChI=1S/C4H2Cl2F6/c5-3(9,10)1(7)2(8)4(6,11)12/h1-2H. The molecule has 0 rings (SSSR count). The van der Waals surface area contributed by atoms with Crippen molar-refractivity contribution < 1.29 is 26.3 Å². The van der Waals surface area contributed by atoms with Crippen LogP contribution in [0.3, 0.4) is 0 Å². The smallest absolute Gasteiger partial charge is 0.236 e. The molecule has 0 aromatic heterocycles. The molecule has 0 heterocycles. The van der Waals surface area contributed by atoms with Crippen molar-refractivity contribution >= 4 is 23.2 Å². The van der Waals surface area contributed by atoms with E-state index in [1.54, 1.807) is 0 Å². The summed E-state index contributed by atoms with van der Waals surface area (Å²) in [4.78, 5) is 0. The predicted molar refractivity (Wildman–Crippen MR) is 31.4 cm³/mol. The molecule has 0 spiro atoms. The quantitative estimate of drug-likeness (QED) is 0.519. The average Bonchev–Trinajstić information content (AvgIpc) is 1.80. The van der Waals surface area contributed by atoms with E-state index in [1.165, 1.54) is 0 Å². The van der Waals surface area contributed by atoms with E-state index in [0.29, 0.717) is 0 Å². The van der Waals surface area contributed by atoms with E-state index in [9.17, 15) is 26.3 Å². The molecule has 2 unspecified atom stereocenters. The van der Waals surface area contributed by atoms with Crippen molar-refractivity contribution in [2.75, 3.05) is 0 Å². The average molecular weight is 235 g/mol. The van der Waals surface area contributed by atoms with Gasteiger partial charge in [-0.05, 0) is 23.2 Å². The van der Waals surface area contributed by atoms with Crippen LogP contribution < -0.4 is 0 Å². The van der Waals surface area contributed by atoms with Crippen LogP contribution in [0.2, 0.25) is 0 Å². The summed E-state index contributed by atoms with van der Waals surface area (Å²) in [5.41, 5.74) is 0. The minimum absolute atomic E-state index is 3.84. The summed E-state index contributed by atoms with van der Waals surface area (Å²) in [6, 6.07) is 0. The first-order valence-electron chi connectivity index (χ1n) is 2.48. The number of alkyl halides is 8. The van der Waals surface area contributed by atoms with E-state index in [0.717, 1.165) is 0 Å². The Morgan fingerprint density at radius 3 is 1.00 bits per heavy atom. The van der Waals surface area contributed by atoms with Crippen LogP contribution >= 0.6 is 23.2 Å². The fourth-order valence-electron chi connectivity index (χ4n) is 0.332. The van der Waals surface area contributed by atoms with Gasteiger partial charge in [0.2, 0.25) is 12.3 Å². The van der Waals surface area contributed by atoms with Crippen molar-refractivity contribution in [1.82, 2.24) is 0 Å². The lowest BCUT2D eigenvalue weighted by atomic mass is 10.2. The SMILES string of the molecule is FC(C(F)C(F)(F)Cl)C(F)(F)Cl. The van der Waals surface area contributed by atoms with Gasteiger partial charge in [0.1, 0.15) is 0 Å². The monoisotopic (exact) mass is 234 g/mol.